The average Bonchev–Trinajstić information content (AvgIpc) is 3.83. The molecule has 8 aliphatic rings. The Bertz CT molecular complexity index is 2300. The van der Waals surface area contributed by atoms with E-state index >= 15 is 0 Å². The van der Waals surface area contributed by atoms with Gasteiger partial charge in [-0.3, -0.25) is 12.2 Å². The van der Waals surface area contributed by atoms with Gasteiger partial charge in [-0.1, -0.05) is 84.4 Å². The fourth-order valence-corrected chi connectivity index (χ4v) is 13.7. The van der Waals surface area contributed by atoms with Gasteiger partial charge in [0.25, 0.3) is 0 Å². The Labute approximate surface area is 371 Å². The van der Waals surface area contributed by atoms with Crippen molar-refractivity contribution in [3.63, 3.8) is 0 Å². The molecule has 0 heterocycles. The zero-order valence-corrected chi connectivity index (χ0v) is 40.0. The standard InChI is InChI=1S/C25H25.C18H25.C15H14.Zr/c1-14-12-24(3,4)22-8-16-7-17-9-23-19(15(2)13-25(23,5)6)11-21(17)20(16)10-18(14)22;1-12-3-13(2)17(4-12)11-18-8-14-5-15(9-18)7-16(6-14)10-18;1-12-3-7-14(8-4-12)11-15-9-5-13(2)6-10-15;/h8-12H,7H2,1-6H3;4,12,14-16H,5-11H2,1-2H3;3-10H,1-2H3;/q2*-1;;+2. The third-order valence-electron chi connectivity index (χ3n) is 15.2. The summed E-state index contributed by atoms with van der Waals surface area (Å²) in [6.07, 6.45) is 23.9. The molecular weight excluding hydrogens is 788 g/mol. The van der Waals surface area contributed by atoms with E-state index in [-0.39, 0.29) is 10.8 Å². The van der Waals surface area contributed by atoms with E-state index in [2.05, 4.69) is 166 Å². The van der Waals surface area contributed by atoms with Crippen molar-refractivity contribution < 1.29 is 24.2 Å². The molecule has 59 heavy (non-hydrogen) atoms. The zero-order valence-electron chi connectivity index (χ0n) is 37.5. The molecule has 300 valence electrons. The van der Waals surface area contributed by atoms with Crippen molar-refractivity contribution in [2.75, 3.05) is 0 Å². The number of benzene rings is 4. The van der Waals surface area contributed by atoms with Crippen LogP contribution < -0.4 is 0 Å². The SMILES string of the molecule is CC1=[C-]C(C)(C)c2cc3c(cc21)-c1cc2c(cc1C3)C(C)(C)C=C2C.CC1=[C-]C(C)C=C1CC12CC3CC(CC(C3)C1)C2.Cc1ccc([C](=[Zr+2])c2ccc(C)cc2)cc1. The topological polar surface area (TPSA) is 0 Å². The van der Waals surface area contributed by atoms with Gasteiger partial charge in [-0.2, -0.15) is 17.2 Å². The van der Waals surface area contributed by atoms with Crippen LogP contribution in [-0.4, -0.2) is 3.21 Å². The number of hydrogen-bond acceptors (Lipinski definition) is 0. The van der Waals surface area contributed by atoms with Crippen molar-refractivity contribution >= 4 is 14.4 Å². The van der Waals surface area contributed by atoms with Gasteiger partial charge in [-0.25, -0.2) is 11.1 Å². The first-order valence-electron chi connectivity index (χ1n) is 22.7. The Kier molecular flexibility index (Phi) is 10.5. The second-order valence-corrected chi connectivity index (χ2v) is 22.4. The summed E-state index contributed by atoms with van der Waals surface area (Å²) in [4.78, 5) is 0. The average molecular weight is 852 g/mol. The first-order valence-corrected chi connectivity index (χ1v) is 23.9. The van der Waals surface area contributed by atoms with Gasteiger partial charge in [-0.05, 0) is 120 Å². The van der Waals surface area contributed by atoms with Gasteiger partial charge >= 0.3 is 112 Å². The first kappa shape index (κ1) is 41.0. The number of hydrogen-bond donors (Lipinski definition) is 0. The monoisotopic (exact) mass is 850 g/mol. The Morgan fingerprint density at radius 2 is 1.15 bits per heavy atom. The molecule has 4 aromatic rings. The summed E-state index contributed by atoms with van der Waals surface area (Å²) < 4.78 is 1.42. The van der Waals surface area contributed by atoms with E-state index in [0.717, 1.165) is 24.2 Å². The van der Waals surface area contributed by atoms with Crippen molar-refractivity contribution in [2.24, 2.45) is 29.1 Å². The van der Waals surface area contributed by atoms with Gasteiger partial charge < -0.3 is 0 Å². The van der Waals surface area contributed by atoms with Crippen molar-refractivity contribution in [3.05, 3.63) is 164 Å². The zero-order chi connectivity index (χ0) is 41.6. The van der Waals surface area contributed by atoms with Gasteiger partial charge in [0.05, 0.1) is 0 Å². The Hall–Kier alpha value is -3.41. The van der Waals surface area contributed by atoms with Gasteiger partial charge in [0.1, 0.15) is 0 Å². The molecule has 12 rings (SSSR count). The fraction of sp³-hybridized carbons (Fsp3) is 0.431. The van der Waals surface area contributed by atoms with E-state index < -0.39 is 0 Å². The van der Waals surface area contributed by atoms with Crippen molar-refractivity contribution in [2.45, 2.75) is 131 Å². The summed E-state index contributed by atoms with van der Waals surface area (Å²) >= 11 is 1.46. The van der Waals surface area contributed by atoms with Crippen LogP contribution in [-0.2, 0) is 41.5 Å². The van der Waals surface area contributed by atoms with Crippen LogP contribution in [0.1, 0.15) is 156 Å². The summed E-state index contributed by atoms with van der Waals surface area (Å²) in [6.45, 7) is 22.5. The normalized spacial score (nSPS) is 26.6. The van der Waals surface area contributed by atoms with Crippen LogP contribution in [0.5, 0.6) is 0 Å². The minimum atomic E-state index is 0.0340. The van der Waals surface area contributed by atoms with E-state index in [1.165, 1.54) is 117 Å². The Morgan fingerprint density at radius 3 is 1.66 bits per heavy atom. The van der Waals surface area contributed by atoms with Crippen LogP contribution in [0.2, 0.25) is 0 Å². The molecule has 0 nitrogen and oxygen atoms in total. The molecule has 1 atom stereocenters. The fourth-order valence-electron chi connectivity index (χ4n) is 12.9. The second kappa shape index (κ2) is 15.2. The van der Waals surface area contributed by atoms with Crippen LogP contribution in [0.3, 0.4) is 0 Å². The van der Waals surface area contributed by atoms with Crippen LogP contribution >= 0.6 is 0 Å². The molecular formula is C58H64Zr. The Balaban J connectivity index is 0.000000118. The first-order chi connectivity index (χ1) is 28.0. The molecule has 0 aliphatic heterocycles. The van der Waals surface area contributed by atoms with Crippen molar-refractivity contribution in [3.8, 4) is 11.1 Å². The summed E-state index contributed by atoms with van der Waals surface area (Å²) in [7, 11) is 0. The predicted octanol–water partition coefficient (Wildman–Crippen LogP) is 14.8. The van der Waals surface area contributed by atoms with Crippen molar-refractivity contribution in [1.82, 2.24) is 0 Å². The summed E-state index contributed by atoms with van der Waals surface area (Å²) in [5.74, 6) is 3.82. The Morgan fingerprint density at radius 1 is 0.644 bits per heavy atom. The molecule has 8 aliphatic carbocycles. The summed E-state index contributed by atoms with van der Waals surface area (Å²) in [5, 5.41) is 0. The van der Waals surface area contributed by atoms with Gasteiger partial charge in [0.2, 0.25) is 0 Å². The maximum atomic E-state index is 3.65. The van der Waals surface area contributed by atoms with Crippen LogP contribution in [0.25, 0.3) is 22.3 Å². The molecule has 0 spiro atoms. The molecule has 4 fully saturated rings. The van der Waals surface area contributed by atoms with Crippen LogP contribution in [0.15, 0.2) is 96.1 Å². The van der Waals surface area contributed by atoms with E-state index in [1.54, 1.807) is 44.1 Å². The molecule has 1 unspecified atom stereocenters. The van der Waals surface area contributed by atoms with E-state index in [1.807, 2.05) is 0 Å². The molecule has 4 saturated carbocycles. The quantitative estimate of drug-likeness (QED) is 0.158. The molecule has 0 N–H and O–H groups in total. The van der Waals surface area contributed by atoms with Gasteiger partial charge in [0, 0.05) is 5.41 Å². The molecule has 4 bridgehead atoms. The van der Waals surface area contributed by atoms with Crippen molar-refractivity contribution in [1.29, 1.82) is 0 Å². The number of allylic oxidation sites excluding steroid dienone is 8. The molecule has 4 aromatic carbocycles. The molecule has 1 heteroatoms. The molecule has 0 aromatic heterocycles. The second-order valence-electron chi connectivity index (χ2n) is 21.2. The van der Waals surface area contributed by atoms with Crippen LogP contribution in [0.4, 0.5) is 0 Å². The molecule has 0 radical (unpaired) electrons. The third kappa shape index (κ3) is 7.86. The predicted molar refractivity (Wildman–Crippen MR) is 247 cm³/mol. The number of fused-ring (bicyclic) bond motifs is 5. The number of aryl methyl sites for hydroxylation is 2. The summed E-state index contributed by atoms with van der Waals surface area (Å²) in [5.41, 5.74) is 23.7. The van der Waals surface area contributed by atoms with Gasteiger partial charge in [0.15, 0.2) is 0 Å². The van der Waals surface area contributed by atoms with E-state index in [9.17, 15) is 0 Å². The maximum absolute atomic E-state index is 3.65. The number of rotatable bonds is 4. The molecule has 0 amide bonds. The van der Waals surface area contributed by atoms with E-state index in [0.29, 0.717) is 11.3 Å². The third-order valence-corrected chi connectivity index (χ3v) is 16.6. The van der Waals surface area contributed by atoms with Crippen LogP contribution in [0, 0.1) is 55.1 Å². The van der Waals surface area contributed by atoms with Gasteiger partial charge in [-0.15, -0.1) is 11.6 Å². The minimum absolute atomic E-state index is 0.0340. The summed E-state index contributed by atoms with van der Waals surface area (Å²) in [6, 6.07) is 27.3. The molecule has 0 saturated heterocycles. The van der Waals surface area contributed by atoms with E-state index in [4.69, 9.17) is 0 Å².